The van der Waals surface area contributed by atoms with Crippen LogP contribution >= 0.6 is 27.5 Å². The largest absolute Gasteiger partial charge is 0.484 e. The fourth-order valence-corrected chi connectivity index (χ4v) is 5.86. The molecule has 3 aromatic rings. The molecule has 1 aliphatic heterocycles. The number of hydrogen-bond donors (Lipinski definition) is 1. The Labute approximate surface area is 215 Å². The molecular formula is C24H19BrClNO7S. The average molecular weight is 581 g/mol. The first-order valence-electron chi connectivity index (χ1n) is 10.5. The molecule has 0 amide bonds. The number of aliphatic hydroxyl groups is 1. The van der Waals surface area contributed by atoms with Crippen molar-refractivity contribution in [1.29, 1.82) is 0 Å². The molecule has 182 valence electrons. The molecule has 1 N–H and O–H groups in total. The number of benzene rings is 2. The first-order valence-corrected chi connectivity index (χ1v) is 13.5. The van der Waals surface area contributed by atoms with Crippen molar-refractivity contribution in [3.05, 3.63) is 87.6 Å². The highest BCUT2D eigenvalue weighted by Gasteiger charge is 2.71. The first-order chi connectivity index (χ1) is 16.6. The molecule has 2 aliphatic rings. The van der Waals surface area contributed by atoms with Gasteiger partial charge in [-0.05, 0) is 29.8 Å². The van der Waals surface area contributed by atoms with Crippen LogP contribution < -0.4 is 9.47 Å². The van der Waals surface area contributed by atoms with E-state index in [0.29, 0.717) is 5.56 Å². The van der Waals surface area contributed by atoms with Gasteiger partial charge >= 0.3 is 5.97 Å². The molecule has 5 unspecified atom stereocenters. The Morgan fingerprint density at radius 2 is 1.86 bits per heavy atom. The lowest BCUT2D eigenvalue weighted by molar-refractivity contribution is -0.145. The van der Waals surface area contributed by atoms with Crippen LogP contribution in [0.5, 0.6) is 11.5 Å². The summed E-state index contributed by atoms with van der Waals surface area (Å²) in [5.74, 6) is -2.43. The van der Waals surface area contributed by atoms with E-state index in [0.717, 1.165) is 10.7 Å². The second-order valence-electron chi connectivity index (χ2n) is 8.42. The number of halogens is 2. The molecular weight excluding hydrogens is 562 g/mol. The lowest BCUT2D eigenvalue weighted by Crippen LogP contribution is -2.47. The van der Waals surface area contributed by atoms with Crippen molar-refractivity contribution in [2.75, 3.05) is 6.26 Å². The molecule has 2 heterocycles. The number of aromatic nitrogens is 1. The summed E-state index contributed by atoms with van der Waals surface area (Å²) in [4.78, 5) is 17.8. The van der Waals surface area contributed by atoms with Crippen molar-refractivity contribution in [2.24, 2.45) is 5.92 Å². The monoisotopic (exact) mass is 579 g/mol. The summed E-state index contributed by atoms with van der Waals surface area (Å²) in [5.41, 5.74) is -1.40. The van der Waals surface area contributed by atoms with Crippen LogP contribution in [0.1, 0.15) is 17.2 Å². The van der Waals surface area contributed by atoms with E-state index in [-0.39, 0.29) is 22.2 Å². The summed E-state index contributed by atoms with van der Waals surface area (Å²) < 4.78 is 42.5. The smallest absolute Gasteiger partial charge is 0.317 e. The van der Waals surface area contributed by atoms with Crippen LogP contribution in [0.15, 0.2) is 71.3 Å². The van der Waals surface area contributed by atoms with E-state index < -0.39 is 45.7 Å². The van der Waals surface area contributed by atoms with Gasteiger partial charge in [0.15, 0.2) is 5.60 Å². The van der Waals surface area contributed by atoms with Crippen molar-refractivity contribution in [1.82, 2.24) is 4.98 Å². The van der Waals surface area contributed by atoms with Crippen molar-refractivity contribution >= 4 is 43.6 Å². The minimum Gasteiger partial charge on any atom is -0.484 e. The number of carbonyl (C=O) groups excluding carboxylic acids is 1. The Bertz CT molecular complexity index is 1390. The van der Waals surface area contributed by atoms with Gasteiger partial charge in [0.25, 0.3) is 10.1 Å². The Hall–Kier alpha value is -2.50. The standard InChI is InChI=1S/C24H19BrClNO7S/c1-35(30,31)34-22-19(23(28)32-16-9-7-14(25)8-10-16)18(13-5-3-2-4-6-13)21-24(22,29)20-17(33-21)11-15(26)12-27-20/h2-12,18-19,21-22,29H,1H3. The summed E-state index contributed by atoms with van der Waals surface area (Å²) in [5, 5.41) is 12.3. The summed E-state index contributed by atoms with van der Waals surface area (Å²) in [6, 6.07) is 16.9. The van der Waals surface area contributed by atoms with Crippen LogP contribution in [-0.2, 0) is 24.7 Å². The Morgan fingerprint density at radius 1 is 1.17 bits per heavy atom. The lowest BCUT2D eigenvalue weighted by atomic mass is 9.87. The van der Waals surface area contributed by atoms with E-state index in [2.05, 4.69) is 20.9 Å². The van der Waals surface area contributed by atoms with Gasteiger partial charge in [0.05, 0.1) is 17.2 Å². The van der Waals surface area contributed by atoms with Gasteiger partial charge in [0, 0.05) is 22.7 Å². The number of nitrogens with zero attached hydrogens (tertiary/aromatic N) is 1. The molecule has 5 rings (SSSR count). The number of esters is 1. The topological polar surface area (TPSA) is 112 Å². The average Bonchev–Trinajstić information content (AvgIpc) is 3.21. The summed E-state index contributed by atoms with van der Waals surface area (Å²) in [6.07, 6.45) is -0.512. The molecule has 0 radical (unpaired) electrons. The van der Waals surface area contributed by atoms with Gasteiger partial charge in [-0.25, -0.2) is 0 Å². The second kappa shape index (κ2) is 8.86. The van der Waals surface area contributed by atoms with Crippen LogP contribution in [0.2, 0.25) is 5.02 Å². The fraction of sp³-hybridized carbons (Fsp3) is 0.250. The van der Waals surface area contributed by atoms with Crippen molar-refractivity contribution < 1.29 is 32.0 Å². The summed E-state index contributed by atoms with van der Waals surface area (Å²) >= 11 is 9.40. The maximum absolute atomic E-state index is 13.6. The van der Waals surface area contributed by atoms with Crippen LogP contribution in [0.25, 0.3) is 0 Å². The van der Waals surface area contributed by atoms with Crippen molar-refractivity contribution in [2.45, 2.75) is 23.7 Å². The minimum absolute atomic E-state index is 0.0421. The SMILES string of the molecule is CS(=O)(=O)OC1C(C(=O)Oc2ccc(Br)cc2)C(c2ccccc2)C2Oc3cc(Cl)cnc3C12O. The van der Waals surface area contributed by atoms with Crippen LogP contribution in [0.3, 0.4) is 0 Å². The van der Waals surface area contributed by atoms with Crippen LogP contribution in [0, 0.1) is 5.92 Å². The predicted molar refractivity (Wildman–Crippen MR) is 130 cm³/mol. The van der Waals surface area contributed by atoms with Gasteiger partial charge < -0.3 is 14.6 Å². The van der Waals surface area contributed by atoms with Gasteiger partial charge in [-0.1, -0.05) is 57.9 Å². The highest BCUT2D eigenvalue weighted by atomic mass is 79.9. The summed E-state index contributed by atoms with van der Waals surface area (Å²) in [7, 11) is -4.13. The molecule has 2 aromatic carbocycles. The van der Waals surface area contributed by atoms with Crippen molar-refractivity contribution in [3.63, 3.8) is 0 Å². The quantitative estimate of drug-likeness (QED) is 0.276. The molecule has 8 nitrogen and oxygen atoms in total. The molecule has 0 bridgehead atoms. The minimum atomic E-state index is -4.13. The highest BCUT2D eigenvalue weighted by Crippen LogP contribution is 2.59. The lowest BCUT2D eigenvalue weighted by Gasteiger charge is -2.28. The normalized spacial score (nSPS) is 27.1. The van der Waals surface area contributed by atoms with Gasteiger partial charge in [0.2, 0.25) is 0 Å². The zero-order valence-corrected chi connectivity index (χ0v) is 21.3. The molecule has 1 aromatic heterocycles. The number of fused-ring (bicyclic) bond motifs is 3. The predicted octanol–water partition coefficient (Wildman–Crippen LogP) is 3.81. The first kappa shape index (κ1) is 24.2. The molecule has 5 atom stereocenters. The third-order valence-corrected chi connectivity index (χ3v) is 7.42. The zero-order valence-electron chi connectivity index (χ0n) is 18.2. The number of carbonyl (C=O) groups is 1. The zero-order chi connectivity index (χ0) is 25.0. The van der Waals surface area contributed by atoms with Gasteiger partial charge in [0.1, 0.15) is 29.4 Å². The van der Waals surface area contributed by atoms with Crippen LogP contribution in [-0.4, -0.2) is 42.9 Å². The third-order valence-electron chi connectivity index (χ3n) is 6.13. The molecule has 11 heteroatoms. The van der Waals surface area contributed by atoms with E-state index in [1.807, 2.05) is 0 Å². The highest BCUT2D eigenvalue weighted by molar-refractivity contribution is 9.10. The number of hydrogen-bond acceptors (Lipinski definition) is 8. The molecule has 1 saturated carbocycles. The third kappa shape index (κ3) is 4.34. The Kier molecular flexibility index (Phi) is 6.13. The van der Waals surface area contributed by atoms with Gasteiger partial charge in [-0.2, -0.15) is 8.42 Å². The molecule has 1 fully saturated rings. The van der Waals surface area contributed by atoms with Crippen LogP contribution in [0.4, 0.5) is 0 Å². The van der Waals surface area contributed by atoms with E-state index in [1.54, 1.807) is 54.6 Å². The van der Waals surface area contributed by atoms with E-state index in [4.69, 9.17) is 25.3 Å². The molecule has 0 saturated heterocycles. The molecule has 35 heavy (non-hydrogen) atoms. The van der Waals surface area contributed by atoms with E-state index in [1.165, 1.54) is 12.3 Å². The Balaban J connectivity index is 1.66. The Morgan fingerprint density at radius 3 is 2.51 bits per heavy atom. The summed E-state index contributed by atoms with van der Waals surface area (Å²) in [6.45, 7) is 0. The van der Waals surface area contributed by atoms with Gasteiger partial charge in [-0.15, -0.1) is 0 Å². The number of pyridine rings is 1. The molecule has 1 aliphatic carbocycles. The molecule has 0 spiro atoms. The van der Waals surface area contributed by atoms with E-state index in [9.17, 15) is 18.3 Å². The van der Waals surface area contributed by atoms with E-state index >= 15 is 0 Å². The maximum Gasteiger partial charge on any atom is 0.317 e. The maximum atomic E-state index is 13.6. The van der Waals surface area contributed by atoms with Crippen molar-refractivity contribution in [3.8, 4) is 11.5 Å². The van der Waals surface area contributed by atoms with Gasteiger partial charge in [-0.3, -0.25) is 14.0 Å². The second-order valence-corrected chi connectivity index (χ2v) is 11.4. The number of ether oxygens (including phenoxy) is 2. The number of rotatable bonds is 5. The fourth-order valence-electron chi connectivity index (χ4n) is 4.80.